The maximum atomic E-state index is 12.0. The van der Waals surface area contributed by atoms with E-state index in [4.69, 9.17) is 5.11 Å². The van der Waals surface area contributed by atoms with Gasteiger partial charge in [-0.2, -0.15) is 0 Å². The average Bonchev–Trinajstić information content (AvgIpc) is 2.51. The van der Waals surface area contributed by atoms with Gasteiger partial charge in [0.2, 0.25) is 0 Å². The lowest BCUT2D eigenvalue weighted by molar-refractivity contribution is -0.137. The first-order valence-corrected chi connectivity index (χ1v) is 7.83. The summed E-state index contributed by atoms with van der Waals surface area (Å²) in [6, 6.07) is 4.64. The molecule has 7 heteroatoms. The minimum atomic E-state index is -0.956. The molecule has 0 radical (unpaired) electrons. The molecule has 1 rings (SSSR count). The maximum absolute atomic E-state index is 12.0. The number of hydrogen-bond donors (Lipinski definition) is 3. The molecule has 0 fully saturated rings. The standard InChI is InChI=1S/C17H25N3O4/c1-11(2)10-18-16(23)13-5-6-14(12(3)9-13)19-17(24)20(4)8-7-15(21)22/h5-6,9,11H,7-8,10H2,1-4H3,(H,18,23)(H,19,24)(H,21,22). The number of anilines is 1. The number of nitrogens with one attached hydrogen (secondary N) is 2. The number of amides is 3. The van der Waals surface area contributed by atoms with E-state index in [-0.39, 0.29) is 18.9 Å². The van der Waals surface area contributed by atoms with Gasteiger partial charge in [0.15, 0.2) is 0 Å². The van der Waals surface area contributed by atoms with Gasteiger partial charge in [0.1, 0.15) is 0 Å². The van der Waals surface area contributed by atoms with Crippen LogP contribution in [-0.2, 0) is 4.79 Å². The molecule has 0 unspecified atom stereocenters. The Labute approximate surface area is 142 Å². The largest absolute Gasteiger partial charge is 0.481 e. The zero-order valence-corrected chi connectivity index (χ0v) is 14.5. The van der Waals surface area contributed by atoms with Gasteiger partial charge in [-0.1, -0.05) is 13.8 Å². The van der Waals surface area contributed by atoms with Crippen LogP contribution in [0.2, 0.25) is 0 Å². The van der Waals surface area contributed by atoms with Gasteiger partial charge in [-0.25, -0.2) is 4.79 Å². The summed E-state index contributed by atoms with van der Waals surface area (Å²) in [4.78, 5) is 35.9. The lowest BCUT2D eigenvalue weighted by Crippen LogP contribution is -2.33. The van der Waals surface area contributed by atoms with Crippen molar-refractivity contribution in [3.63, 3.8) is 0 Å². The van der Waals surface area contributed by atoms with Crippen LogP contribution in [0.4, 0.5) is 10.5 Å². The first-order chi connectivity index (χ1) is 11.2. The van der Waals surface area contributed by atoms with Crippen LogP contribution in [0.1, 0.15) is 36.2 Å². The molecule has 7 nitrogen and oxygen atoms in total. The second-order valence-electron chi connectivity index (χ2n) is 6.13. The number of aryl methyl sites for hydroxylation is 1. The highest BCUT2D eigenvalue weighted by Gasteiger charge is 2.13. The van der Waals surface area contributed by atoms with E-state index in [2.05, 4.69) is 10.6 Å². The quantitative estimate of drug-likeness (QED) is 0.712. The van der Waals surface area contributed by atoms with Gasteiger partial charge < -0.3 is 20.6 Å². The molecule has 3 amide bonds. The van der Waals surface area contributed by atoms with Crippen LogP contribution in [0.15, 0.2) is 18.2 Å². The van der Waals surface area contributed by atoms with Crippen molar-refractivity contribution < 1.29 is 19.5 Å². The topological polar surface area (TPSA) is 98.7 Å². The molecule has 1 aromatic rings. The van der Waals surface area contributed by atoms with E-state index in [1.165, 1.54) is 11.9 Å². The van der Waals surface area contributed by atoms with Crippen molar-refractivity contribution in [2.75, 3.05) is 25.5 Å². The lowest BCUT2D eigenvalue weighted by atomic mass is 10.1. The first-order valence-electron chi connectivity index (χ1n) is 7.83. The van der Waals surface area contributed by atoms with Gasteiger partial charge in [-0.3, -0.25) is 9.59 Å². The van der Waals surface area contributed by atoms with Crippen molar-refractivity contribution in [3.8, 4) is 0 Å². The summed E-state index contributed by atoms with van der Waals surface area (Å²) in [5, 5.41) is 14.2. The molecular weight excluding hydrogens is 310 g/mol. The predicted octanol–water partition coefficient (Wildman–Crippen LogP) is 2.32. The third-order valence-electron chi connectivity index (χ3n) is 3.41. The van der Waals surface area contributed by atoms with Crippen molar-refractivity contribution in [3.05, 3.63) is 29.3 Å². The Balaban J connectivity index is 2.69. The summed E-state index contributed by atoms with van der Waals surface area (Å²) in [6.07, 6.45) is -0.113. The van der Waals surface area contributed by atoms with E-state index in [9.17, 15) is 14.4 Å². The van der Waals surface area contributed by atoms with E-state index in [0.717, 1.165) is 5.56 Å². The minimum Gasteiger partial charge on any atom is -0.481 e. The monoisotopic (exact) mass is 335 g/mol. The lowest BCUT2D eigenvalue weighted by Gasteiger charge is -2.18. The van der Waals surface area contributed by atoms with E-state index < -0.39 is 12.0 Å². The summed E-state index contributed by atoms with van der Waals surface area (Å²) in [5.74, 6) is -0.735. The van der Waals surface area contributed by atoms with Gasteiger partial charge in [0, 0.05) is 31.4 Å². The summed E-state index contributed by atoms with van der Waals surface area (Å²) < 4.78 is 0. The van der Waals surface area contributed by atoms with E-state index >= 15 is 0 Å². The molecular formula is C17H25N3O4. The fourth-order valence-electron chi connectivity index (χ4n) is 1.92. The van der Waals surface area contributed by atoms with Crippen molar-refractivity contribution in [1.29, 1.82) is 0 Å². The molecule has 0 heterocycles. The van der Waals surface area contributed by atoms with Gasteiger partial charge >= 0.3 is 12.0 Å². The predicted molar refractivity (Wildman–Crippen MR) is 92.3 cm³/mol. The molecule has 3 N–H and O–H groups in total. The van der Waals surface area contributed by atoms with Crippen molar-refractivity contribution >= 4 is 23.6 Å². The van der Waals surface area contributed by atoms with Crippen LogP contribution in [0.25, 0.3) is 0 Å². The van der Waals surface area contributed by atoms with Crippen LogP contribution in [-0.4, -0.2) is 48.1 Å². The first kappa shape index (κ1) is 19.5. The molecule has 0 aliphatic rings. The van der Waals surface area contributed by atoms with Crippen LogP contribution in [0, 0.1) is 12.8 Å². The second kappa shape index (κ2) is 8.90. The van der Waals surface area contributed by atoms with E-state index in [1.54, 1.807) is 25.1 Å². The number of urea groups is 1. The number of aliphatic carboxylic acids is 1. The molecule has 0 spiro atoms. The summed E-state index contributed by atoms with van der Waals surface area (Å²) in [7, 11) is 1.53. The molecule has 24 heavy (non-hydrogen) atoms. The van der Waals surface area contributed by atoms with Crippen LogP contribution >= 0.6 is 0 Å². The third-order valence-corrected chi connectivity index (χ3v) is 3.41. The molecule has 1 aromatic carbocycles. The van der Waals surface area contributed by atoms with Crippen LogP contribution < -0.4 is 10.6 Å². The highest BCUT2D eigenvalue weighted by Crippen LogP contribution is 2.17. The number of benzene rings is 1. The SMILES string of the molecule is Cc1cc(C(=O)NCC(C)C)ccc1NC(=O)N(C)CCC(=O)O. The fraction of sp³-hybridized carbons (Fsp3) is 0.471. The Hall–Kier alpha value is -2.57. The molecule has 0 aliphatic heterocycles. The highest BCUT2D eigenvalue weighted by molar-refractivity contribution is 5.96. The number of carboxylic acids is 1. The molecule has 0 aromatic heterocycles. The molecule has 0 saturated carbocycles. The number of carbonyl (C=O) groups excluding carboxylic acids is 2. The Bertz CT molecular complexity index is 614. The zero-order chi connectivity index (χ0) is 18.3. The number of carbonyl (C=O) groups is 3. The Morgan fingerprint density at radius 2 is 1.92 bits per heavy atom. The zero-order valence-electron chi connectivity index (χ0n) is 14.5. The molecule has 0 aliphatic carbocycles. The smallest absolute Gasteiger partial charge is 0.321 e. The molecule has 0 bridgehead atoms. The maximum Gasteiger partial charge on any atom is 0.321 e. The van der Waals surface area contributed by atoms with Gasteiger partial charge in [0.25, 0.3) is 5.91 Å². The van der Waals surface area contributed by atoms with Crippen molar-refractivity contribution in [2.45, 2.75) is 27.2 Å². The fourth-order valence-corrected chi connectivity index (χ4v) is 1.92. The normalized spacial score (nSPS) is 10.4. The molecule has 132 valence electrons. The number of hydrogen-bond acceptors (Lipinski definition) is 3. The van der Waals surface area contributed by atoms with Crippen LogP contribution in [0.3, 0.4) is 0 Å². The number of nitrogens with zero attached hydrogens (tertiary/aromatic N) is 1. The van der Waals surface area contributed by atoms with Crippen molar-refractivity contribution in [1.82, 2.24) is 10.2 Å². The van der Waals surface area contributed by atoms with Crippen molar-refractivity contribution in [2.24, 2.45) is 5.92 Å². The Morgan fingerprint density at radius 1 is 1.25 bits per heavy atom. The number of carboxylic acid groups (broad SMARTS) is 1. The molecule has 0 saturated heterocycles. The Kier molecular flexibility index (Phi) is 7.23. The summed E-state index contributed by atoms with van der Waals surface area (Å²) >= 11 is 0. The van der Waals surface area contributed by atoms with Crippen LogP contribution in [0.5, 0.6) is 0 Å². The number of rotatable bonds is 7. The minimum absolute atomic E-state index is 0.113. The summed E-state index contributed by atoms with van der Waals surface area (Å²) in [5.41, 5.74) is 1.88. The average molecular weight is 335 g/mol. The van der Waals surface area contributed by atoms with Gasteiger partial charge in [-0.15, -0.1) is 0 Å². The van der Waals surface area contributed by atoms with Gasteiger partial charge in [0.05, 0.1) is 6.42 Å². The second-order valence-corrected chi connectivity index (χ2v) is 6.13. The third kappa shape index (κ3) is 6.28. The molecule has 0 atom stereocenters. The van der Waals surface area contributed by atoms with E-state index in [1.807, 2.05) is 13.8 Å². The Morgan fingerprint density at radius 3 is 2.46 bits per heavy atom. The highest BCUT2D eigenvalue weighted by atomic mass is 16.4. The van der Waals surface area contributed by atoms with Gasteiger partial charge in [-0.05, 0) is 36.6 Å². The van der Waals surface area contributed by atoms with E-state index in [0.29, 0.717) is 23.7 Å². The summed E-state index contributed by atoms with van der Waals surface area (Å²) in [6.45, 7) is 6.56.